The monoisotopic (exact) mass is 343 g/mol. The van der Waals surface area contributed by atoms with Crippen LogP contribution in [0.4, 0.5) is 4.79 Å². The van der Waals surface area contributed by atoms with E-state index in [4.69, 9.17) is 10.3 Å². The van der Waals surface area contributed by atoms with Gasteiger partial charge < -0.3 is 20.5 Å². The van der Waals surface area contributed by atoms with Crippen molar-refractivity contribution in [2.24, 2.45) is 5.73 Å². The molecule has 2 amide bonds. The number of nitrogens with one attached hydrogen (secondary N) is 1. The smallest absolute Gasteiger partial charge is 0.317 e. The minimum Gasteiger partial charge on any atom is -0.339 e. The Morgan fingerprint density at radius 1 is 1.32 bits per heavy atom. The first-order valence-electron chi connectivity index (χ1n) is 8.72. The second kappa shape index (κ2) is 7.65. The maximum Gasteiger partial charge on any atom is 0.317 e. The van der Waals surface area contributed by atoms with Crippen LogP contribution < -0.4 is 11.1 Å². The van der Waals surface area contributed by atoms with E-state index in [0.29, 0.717) is 31.2 Å². The molecule has 134 valence electrons. The lowest BCUT2D eigenvalue weighted by molar-refractivity contribution is 0.206. The average molecular weight is 343 g/mol. The summed E-state index contributed by atoms with van der Waals surface area (Å²) >= 11 is 0. The summed E-state index contributed by atoms with van der Waals surface area (Å²) in [5.74, 6) is 1.10. The summed E-state index contributed by atoms with van der Waals surface area (Å²) in [6.45, 7) is 1.00. The highest BCUT2D eigenvalue weighted by molar-refractivity contribution is 5.73. The number of nitrogens with two attached hydrogens (primary N) is 1. The Labute approximate surface area is 147 Å². The largest absolute Gasteiger partial charge is 0.339 e. The molecule has 1 aromatic carbocycles. The molecule has 25 heavy (non-hydrogen) atoms. The topological polar surface area (TPSA) is 97.3 Å². The molecule has 0 aliphatic heterocycles. The molecule has 2 aromatic rings. The summed E-state index contributed by atoms with van der Waals surface area (Å²) in [5.41, 5.74) is 6.97. The van der Waals surface area contributed by atoms with Crippen molar-refractivity contribution < 1.29 is 9.32 Å². The number of benzene rings is 1. The van der Waals surface area contributed by atoms with Crippen LogP contribution >= 0.6 is 0 Å². The average Bonchev–Trinajstić information content (AvgIpc) is 3.26. The molecule has 7 nitrogen and oxygen atoms in total. The van der Waals surface area contributed by atoms with Gasteiger partial charge in [0, 0.05) is 26.6 Å². The Morgan fingerprint density at radius 2 is 2.04 bits per heavy atom. The minimum absolute atomic E-state index is 0.130. The van der Waals surface area contributed by atoms with Crippen molar-refractivity contribution in [1.29, 1.82) is 0 Å². The Morgan fingerprint density at radius 3 is 2.76 bits per heavy atom. The van der Waals surface area contributed by atoms with E-state index in [1.54, 1.807) is 11.9 Å². The van der Waals surface area contributed by atoms with E-state index < -0.39 is 5.54 Å². The van der Waals surface area contributed by atoms with Gasteiger partial charge in [0.05, 0.1) is 5.54 Å². The number of hydrogen-bond donors (Lipinski definition) is 2. The Balaban J connectivity index is 1.45. The van der Waals surface area contributed by atoms with E-state index in [-0.39, 0.29) is 6.03 Å². The number of rotatable bonds is 6. The van der Waals surface area contributed by atoms with E-state index in [1.165, 1.54) is 0 Å². The van der Waals surface area contributed by atoms with Gasteiger partial charge in [0.15, 0.2) is 5.82 Å². The van der Waals surface area contributed by atoms with Crippen LogP contribution in [0.15, 0.2) is 34.9 Å². The Hall–Kier alpha value is -2.41. The molecule has 0 radical (unpaired) electrons. The summed E-state index contributed by atoms with van der Waals surface area (Å²) in [7, 11) is 1.77. The third-order valence-corrected chi connectivity index (χ3v) is 4.63. The molecule has 1 heterocycles. The van der Waals surface area contributed by atoms with Gasteiger partial charge in [-0.3, -0.25) is 0 Å². The SMILES string of the molecule is CN(Cc1ccccc1)C(=O)NCCc1nc(C2(N)CCCC2)no1. The van der Waals surface area contributed by atoms with Crippen molar-refractivity contribution in [3.63, 3.8) is 0 Å². The van der Waals surface area contributed by atoms with Crippen LogP contribution in [0.2, 0.25) is 0 Å². The number of carbonyl (C=O) groups excluding carboxylic acids is 1. The molecule has 1 saturated carbocycles. The highest BCUT2D eigenvalue weighted by Crippen LogP contribution is 2.34. The fourth-order valence-corrected chi connectivity index (χ4v) is 3.13. The molecular formula is C18H25N5O2. The Kier molecular flexibility index (Phi) is 5.33. The second-order valence-corrected chi connectivity index (χ2v) is 6.70. The van der Waals surface area contributed by atoms with Crippen molar-refractivity contribution in [3.8, 4) is 0 Å². The highest BCUT2D eigenvalue weighted by atomic mass is 16.5. The number of aromatic nitrogens is 2. The van der Waals surface area contributed by atoms with Gasteiger partial charge in [-0.1, -0.05) is 48.3 Å². The minimum atomic E-state index is -0.444. The van der Waals surface area contributed by atoms with Gasteiger partial charge >= 0.3 is 6.03 Å². The predicted molar refractivity (Wildman–Crippen MR) is 93.6 cm³/mol. The zero-order valence-electron chi connectivity index (χ0n) is 14.6. The molecule has 1 aliphatic rings. The molecule has 0 unspecified atom stereocenters. The van der Waals surface area contributed by atoms with Gasteiger partial charge in [-0.05, 0) is 18.4 Å². The standard InChI is InChI=1S/C18H25N5O2/c1-23(13-14-7-3-2-4-8-14)17(24)20-12-9-15-21-16(22-25-15)18(19)10-5-6-11-18/h2-4,7-8H,5-6,9-13,19H2,1H3,(H,20,24). The molecule has 1 aromatic heterocycles. The van der Waals surface area contributed by atoms with Crippen LogP contribution in [0.25, 0.3) is 0 Å². The van der Waals surface area contributed by atoms with Crippen LogP contribution in [0.3, 0.4) is 0 Å². The van der Waals surface area contributed by atoms with Gasteiger partial charge in [-0.25, -0.2) is 4.79 Å². The fourth-order valence-electron chi connectivity index (χ4n) is 3.13. The zero-order chi connectivity index (χ0) is 17.7. The van der Waals surface area contributed by atoms with Crippen molar-refractivity contribution in [2.75, 3.05) is 13.6 Å². The molecule has 0 atom stereocenters. The molecular weight excluding hydrogens is 318 g/mol. The first-order valence-corrected chi connectivity index (χ1v) is 8.72. The van der Waals surface area contributed by atoms with Crippen LogP contribution in [-0.2, 0) is 18.5 Å². The summed E-state index contributed by atoms with van der Waals surface area (Å²) in [5, 5.41) is 6.89. The molecule has 3 N–H and O–H groups in total. The molecule has 0 saturated heterocycles. The van der Waals surface area contributed by atoms with E-state index in [1.807, 2.05) is 30.3 Å². The first-order chi connectivity index (χ1) is 12.1. The maximum atomic E-state index is 12.1. The van der Waals surface area contributed by atoms with E-state index >= 15 is 0 Å². The molecule has 0 spiro atoms. The van der Waals surface area contributed by atoms with Crippen LogP contribution in [0.1, 0.15) is 43.0 Å². The summed E-state index contributed by atoms with van der Waals surface area (Å²) in [4.78, 5) is 18.2. The van der Waals surface area contributed by atoms with E-state index in [0.717, 1.165) is 31.2 Å². The Bertz CT molecular complexity index is 695. The van der Waals surface area contributed by atoms with E-state index in [9.17, 15) is 4.79 Å². The summed E-state index contributed by atoms with van der Waals surface area (Å²) in [6.07, 6.45) is 4.49. The molecule has 7 heteroatoms. The number of nitrogens with zero attached hydrogens (tertiary/aromatic N) is 3. The van der Waals surface area contributed by atoms with Gasteiger partial charge in [-0.15, -0.1) is 0 Å². The van der Waals surface area contributed by atoms with Gasteiger partial charge in [0.1, 0.15) is 0 Å². The van der Waals surface area contributed by atoms with E-state index in [2.05, 4.69) is 15.5 Å². The van der Waals surface area contributed by atoms with Crippen molar-refractivity contribution >= 4 is 6.03 Å². The summed E-state index contributed by atoms with van der Waals surface area (Å²) < 4.78 is 5.27. The lowest BCUT2D eigenvalue weighted by atomic mass is 9.99. The van der Waals surface area contributed by atoms with Crippen molar-refractivity contribution in [2.45, 2.75) is 44.2 Å². The molecule has 1 fully saturated rings. The van der Waals surface area contributed by atoms with Gasteiger partial charge in [0.25, 0.3) is 0 Å². The number of amides is 2. The maximum absolute atomic E-state index is 12.1. The quantitative estimate of drug-likeness (QED) is 0.838. The normalized spacial score (nSPS) is 15.9. The van der Waals surface area contributed by atoms with Crippen LogP contribution in [0, 0.1) is 0 Å². The third kappa shape index (κ3) is 4.36. The van der Waals surface area contributed by atoms with Crippen LogP contribution in [-0.4, -0.2) is 34.7 Å². The first kappa shape index (κ1) is 17.4. The zero-order valence-corrected chi connectivity index (χ0v) is 14.6. The van der Waals surface area contributed by atoms with Crippen molar-refractivity contribution in [1.82, 2.24) is 20.4 Å². The highest BCUT2D eigenvalue weighted by Gasteiger charge is 2.35. The lowest BCUT2D eigenvalue weighted by Crippen LogP contribution is -2.37. The lowest BCUT2D eigenvalue weighted by Gasteiger charge is -2.18. The van der Waals surface area contributed by atoms with Crippen LogP contribution in [0.5, 0.6) is 0 Å². The molecule has 3 rings (SSSR count). The number of hydrogen-bond acceptors (Lipinski definition) is 5. The van der Waals surface area contributed by atoms with Gasteiger partial charge in [-0.2, -0.15) is 4.98 Å². The summed E-state index contributed by atoms with van der Waals surface area (Å²) in [6, 6.07) is 9.74. The van der Waals surface area contributed by atoms with Crippen molar-refractivity contribution in [3.05, 3.63) is 47.6 Å². The second-order valence-electron chi connectivity index (χ2n) is 6.70. The molecule has 0 bridgehead atoms. The molecule has 1 aliphatic carbocycles. The number of carbonyl (C=O) groups is 1. The third-order valence-electron chi connectivity index (χ3n) is 4.63. The fraction of sp³-hybridized carbons (Fsp3) is 0.500. The van der Waals surface area contributed by atoms with Gasteiger partial charge in [0.2, 0.25) is 5.89 Å². The predicted octanol–water partition coefficient (Wildman–Crippen LogP) is 2.18. The number of urea groups is 1.